The highest BCUT2D eigenvalue weighted by atomic mass is 35.5. The van der Waals surface area contributed by atoms with Crippen molar-refractivity contribution >= 4 is 63.1 Å². The average Bonchev–Trinajstić information content (AvgIpc) is 3.74. The summed E-state index contributed by atoms with van der Waals surface area (Å²) in [6.45, 7) is 2.12. The molecule has 5 heterocycles. The number of aromatic hydroxyl groups is 1. The number of hydrogen-bond donors (Lipinski definition) is 2. The highest BCUT2D eigenvalue weighted by Gasteiger charge is 2.32. The second kappa shape index (κ2) is 13.7. The number of carbonyl (C=O) groups excluding carboxylic acids is 2. The third-order valence-electron chi connectivity index (χ3n) is 8.87. The summed E-state index contributed by atoms with van der Waals surface area (Å²) in [5.41, 5.74) is 0.300. The molecule has 1 aliphatic heterocycles. The van der Waals surface area contributed by atoms with Crippen LogP contribution in [0.3, 0.4) is 0 Å². The molecule has 4 aromatic heterocycles. The maximum atomic E-state index is 14.3. The van der Waals surface area contributed by atoms with Gasteiger partial charge in [-0.05, 0) is 48.9 Å². The molecule has 7 rings (SSSR count). The number of amides is 2. The fourth-order valence-corrected chi connectivity index (χ4v) is 6.71. The first-order valence-electron chi connectivity index (χ1n) is 16.2. The third kappa shape index (κ3) is 6.72. The molecule has 0 saturated carbocycles. The molecule has 0 atom stereocenters. The topological polar surface area (TPSA) is 156 Å². The first kappa shape index (κ1) is 35.7. The maximum Gasteiger partial charge on any atom is 0.416 e. The number of nitrogens with zero attached hydrogens (tertiary/aromatic N) is 9. The van der Waals surface area contributed by atoms with Gasteiger partial charge >= 0.3 is 6.18 Å². The van der Waals surface area contributed by atoms with Crippen LogP contribution in [0.2, 0.25) is 10.0 Å². The first-order chi connectivity index (χ1) is 25.2. The lowest BCUT2D eigenvalue weighted by atomic mass is 10.1. The Labute approximate surface area is 308 Å². The second-order valence-electron chi connectivity index (χ2n) is 12.3. The number of nitrogens with one attached hydrogen (secondary N) is 1. The summed E-state index contributed by atoms with van der Waals surface area (Å²) in [6, 6.07) is 9.36. The molecule has 14 nitrogen and oxygen atoms in total. The van der Waals surface area contributed by atoms with Crippen molar-refractivity contribution in [2.75, 3.05) is 36.4 Å². The standard InChI is InChI=1S/C34H29Cl2F3N10O4/c1-3-25-28(46-10-12-47(13-11-46)31(52)27-29(51)21(35)8-9-40-27)32(53)49-33(42-30(44-49)18-4-6-23-19(14-18)16-45(2)43-23)48(25)17-26(50)41-24-7-5-20(15-22(24)36)34(37,38)39/h4-9,14-16,51H,3,10-13,17H2,1-2H3,(H,41,50). The Kier molecular flexibility index (Phi) is 9.23. The van der Waals surface area contributed by atoms with E-state index < -0.39 is 41.4 Å². The first-order valence-corrected chi connectivity index (χ1v) is 17.0. The molecule has 1 aliphatic rings. The van der Waals surface area contributed by atoms with Crippen molar-refractivity contribution in [1.29, 1.82) is 0 Å². The molecule has 1 saturated heterocycles. The Hall–Kier alpha value is -5.68. The van der Waals surface area contributed by atoms with Gasteiger partial charge in [0.15, 0.2) is 17.3 Å². The van der Waals surface area contributed by atoms with Crippen LogP contribution >= 0.6 is 23.2 Å². The quantitative estimate of drug-likeness (QED) is 0.227. The van der Waals surface area contributed by atoms with Crippen LogP contribution in [0.4, 0.5) is 24.5 Å². The maximum absolute atomic E-state index is 14.3. The van der Waals surface area contributed by atoms with Crippen LogP contribution in [0.5, 0.6) is 5.75 Å². The fourth-order valence-electron chi connectivity index (χ4n) is 6.34. The molecule has 2 amide bonds. The van der Waals surface area contributed by atoms with Gasteiger partial charge in [-0.2, -0.15) is 27.8 Å². The summed E-state index contributed by atoms with van der Waals surface area (Å²) >= 11 is 12.1. The summed E-state index contributed by atoms with van der Waals surface area (Å²) < 4.78 is 44.0. The Morgan fingerprint density at radius 3 is 2.45 bits per heavy atom. The van der Waals surface area contributed by atoms with Gasteiger partial charge in [-0.25, -0.2) is 4.98 Å². The number of carbonyl (C=O) groups is 2. The second-order valence-corrected chi connectivity index (χ2v) is 13.1. The summed E-state index contributed by atoms with van der Waals surface area (Å²) in [5, 5.41) is 22.4. The Morgan fingerprint density at radius 1 is 1.00 bits per heavy atom. The number of anilines is 2. The molecule has 19 heteroatoms. The largest absolute Gasteiger partial charge is 0.504 e. The van der Waals surface area contributed by atoms with E-state index in [2.05, 4.69) is 20.5 Å². The van der Waals surface area contributed by atoms with E-state index in [-0.39, 0.29) is 71.3 Å². The van der Waals surface area contributed by atoms with Crippen molar-refractivity contribution in [3.8, 4) is 17.1 Å². The fraction of sp³-hybridized carbons (Fsp3) is 0.265. The number of fused-ring (bicyclic) bond motifs is 2. The minimum atomic E-state index is -4.63. The number of aryl methyl sites for hydroxylation is 1. The van der Waals surface area contributed by atoms with Gasteiger partial charge in [0.1, 0.15) is 12.2 Å². The summed E-state index contributed by atoms with van der Waals surface area (Å²) in [5.74, 6) is -1.34. The third-order valence-corrected chi connectivity index (χ3v) is 9.49. The van der Waals surface area contributed by atoms with Crippen LogP contribution in [0.15, 0.2) is 59.7 Å². The van der Waals surface area contributed by atoms with Gasteiger partial charge in [0.05, 0.1) is 32.5 Å². The van der Waals surface area contributed by atoms with Crippen molar-refractivity contribution in [3.05, 3.63) is 92.2 Å². The molecule has 0 aliphatic carbocycles. The molecule has 2 N–H and O–H groups in total. The molecule has 274 valence electrons. The normalized spacial score (nSPS) is 13.6. The van der Waals surface area contributed by atoms with E-state index in [1.165, 1.54) is 21.7 Å². The van der Waals surface area contributed by atoms with E-state index in [9.17, 15) is 32.7 Å². The lowest BCUT2D eigenvalue weighted by molar-refractivity contribution is -0.137. The van der Waals surface area contributed by atoms with Crippen molar-refractivity contribution < 1.29 is 27.9 Å². The molecular weight excluding hydrogens is 740 g/mol. The lowest BCUT2D eigenvalue weighted by Gasteiger charge is -2.36. The van der Waals surface area contributed by atoms with Crippen molar-refractivity contribution in [1.82, 2.24) is 38.8 Å². The number of pyridine rings is 1. The zero-order valence-corrected chi connectivity index (χ0v) is 29.5. The molecule has 0 bridgehead atoms. The predicted octanol–water partition coefficient (Wildman–Crippen LogP) is 5.03. The smallest absolute Gasteiger partial charge is 0.416 e. The van der Waals surface area contributed by atoms with Crippen LogP contribution in [0.1, 0.15) is 28.7 Å². The van der Waals surface area contributed by atoms with Crippen LogP contribution in [-0.4, -0.2) is 81.9 Å². The average molecular weight is 770 g/mol. The lowest BCUT2D eigenvalue weighted by Crippen LogP contribution is -2.51. The summed E-state index contributed by atoms with van der Waals surface area (Å²) in [6.07, 6.45) is -1.22. The highest BCUT2D eigenvalue weighted by Crippen LogP contribution is 2.34. The highest BCUT2D eigenvalue weighted by molar-refractivity contribution is 6.33. The van der Waals surface area contributed by atoms with Crippen molar-refractivity contribution in [3.63, 3.8) is 0 Å². The van der Waals surface area contributed by atoms with Crippen molar-refractivity contribution in [2.45, 2.75) is 26.1 Å². The van der Waals surface area contributed by atoms with E-state index in [1.807, 2.05) is 12.3 Å². The van der Waals surface area contributed by atoms with E-state index in [4.69, 9.17) is 28.2 Å². The molecule has 0 radical (unpaired) electrons. The van der Waals surface area contributed by atoms with E-state index in [1.54, 1.807) is 35.7 Å². The number of hydrogen-bond acceptors (Lipinski definition) is 9. The Balaban J connectivity index is 1.27. The summed E-state index contributed by atoms with van der Waals surface area (Å²) in [7, 11) is 1.79. The van der Waals surface area contributed by atoms with Crippen LogP contribution in [-0.2, 0) is 31.0 Å². The zero-order chi connectivity index (χ0) is 37.8. The van der Waals surface area contributed by atoms with Crippen molar-refractivity contribution in [2.24, 2.45) is 7.05 Å². The molecular formula is C34H29Cl2F3N10O4. The monoisotopic (exact) mass is 768 g/mol. The van der Waals surface area contributed by atoms with E-state index >= 15 is 0 Å². The Bertz CT molecular complexity index is 2490. The number of rotatable bonds is 7. The van der Waals surface area contributed by atoms with Gasteiger partial charge in [-0.15, -0.1) is 5.10 Å². The van der Waals surface area contributed by atoms with Gasteiger partial charge in [0.2, 0.25) is 11.7 Å². The molecule has 1 fully saturated rings. The zero-order valence-electron chi connectivity index (χ0n) is 28.0. The molecule has 0 unspecified atom stereocenters. The minimum Gasteiger partial charge on any atom is -0.504 e. The molecule has 6 aromatic rings. The number of alkyl halides is 3. The van der Waals surface area contributed by atoms with Gasteiger partial charge in [-0.1, -0.05) is 30.1 Å². The molecule has 53 heavy (non-hydrogen) atoms. The van der Waals surface area contributed by atoms with Crippen LogP contribution in [0, 0.1) is 0 Å². The van der Waals surface area contributed by atoms with Gasteiger partial charge in [-0.3, -0.25) is 19.1 Å². The SMILES string of the molecule is CCc1c(N2CCN(C(=O)c3nccc(Cl)c3O)CC2)c(=O)n2nc(-c3ccc4nn(C)cc4c3)nc2n1CC(=O)Nc1ccc(C(F)(F)F)cc1Cl. The van der Waals surface area contributed by atoms with E-state index in [0.717, 1.165) is 33.6 Å². The number of piperazine rings is 1. The van der Waals surface area contributed by atoms with Gasteiger partial charge < -0.3 is 24.8 Å². The van der Waals surface area contributed by atoms with Gasteiger partial charge in [0, 0.05) is 56.6 Å². The van der Waals surface area contributed by atoms with Gasteiger partial charge in [0.25, 0.3) is 11.5 Å². The summed E-state index contributed by atoms with van der Waals surface area (Å²) in [4.78, 5) is 53.1. The molecule has 2 aromatic carbocycles. The minimum absolute atomic E-state index is 0.0133. The molecule has 0 spiro atoms. The predicted molar refractivity (Wildman–Crippen MR) is 190 cm³/mol. The van der Waals surface area contributed by atoms with Crippen LogP contribution < -0.4 is 15.8 Å². The van der Waals surface area contributed by atoms with E-state index in [0.29, 0.717) is 11.3 Å². The number of benzene rings is 2. The number of halogens is 5. The number of aromatic nitrogens is 7. The van der Waals surface area contributed by atoms with Crippen LogP contribution in [0.25, 0.3) is 28.1 Å². The Morgan fingerprint density at radius 2 is 1.75 bits per heavy atom.